The van der Waals surface area contributed by atoms with Crippen LogP contribution in [0.4, 0.5) is 0 Å². The quantitative estimate of drug-likeness (QED) is 0.164. The summed E-state index contributed by atoms with van der Waals surface area (Å²) in [5.41, 5.74) is 15.3. The molecule has 7 N–H and O–H groups in total. The zero-order chi connectivity index (χ0) is 9.56. The Kier molecular flexibility index (Phi) is 18.4. The van der Waals surface area contributed by atoms with Gasteiger partial charge in [0.25, 0.3) is 0 Å². The van der Waals surface area contributed by atoms with Crippen molar-refractivity contribution in [2.75, 3.05) is 6.54 Å². The van der Waals surface area contributed by atoms with Gasteiger partial charge in [-0.3, -0.25) is 9.79 Å². The van der Waals surface area contributed by atoms with Gasteiger partial charge in [-0.05, 0) is 12.8 Å². The van der Waals surface area contributed by atoms with Gasteiger partial charge in [0.2, 0.25) is 0 Å². The van der Waals surface area contributed by atoms with Gasteiger partial charge in [0.15, 0.2) is 5.96 Å². The van der Waals surface area contributed by atoms with Crippen LogP contribution in [0.15, 0.2) is 4.99 Å². The standard InChI is InChI=1S/C6H14N4O2.K.Na.2H/c7-4(5(11)12)2-1-3-10-6(8)9;;;;/h4H,1-3,7H2,(H,11,12)(H4,8,9,10);;;;/q;2*+1;2*-1/t4-;;;;/m0..../s1. The average Bonchev–Trinajstić information content (AvgIpc) is 1.97. The first-order valence-corrected chi connectivity index (χ1v) is 3.58. The monoisotopic (exact) mass is 238 g/mol. The molecule has 0 unspecified atom stereocenters. The third-order valence-corrected chi connectivity index (χ3v) is 1.28. The summed E-state index contributed by atoms with van der Waals surface area (Å²) in [7, 11) is 0. The number of aliphatic carboxylic acids is 1. The van der Waals surface area contributed by atoms with E-state index in [1.165, 1.54) is 0 Å². The molecule has 0 aromatic rings. The fourth-order valence-corrected chi connectivity index (χ4v) is 0.643. The molecule has 8 heteroatoms. The molecule has 0 spiro atoms. The zero-order valence-electron chi connectivity index (χ0n) is 10.7. The van der Waals surface area contributed by atoms with Crippen molar-refractivity contribution in [1.29, 1.82) is 0 Å². The van der Waals surface area contributed by atoms with Crippen molar-refractivity contribution in [1.82, 2.24) is 0 Å². The van der Waals surface area contributed by atoms with Crippen molar-refractivity contribution in [2.45, 2.75) is 18.9 Å². The first-order chi connectivity index (χ1) is 5.54. The second-order valence-corrected chi connectivity index (χ2v) is 2.39. The number of nitrogens with zero attached hydrogens (tertiary/aromatic N) is 1. The van der Waals surface area contributed by atoms with Gasteiger partial charge in [-0.15, -0.1) is 0 Å². The van der Waals surface area contributed by atoms with Crippen molar-refractivity contribution in [3.05, 3.63) is 0 Å². The minimum Gasteiger partial charge on any atom is -1.00 e. The number of guanidine groups is 1. The van der Waals surface area contributed by atoms with Crippen LogP contribution in [0.1, 0.15) is 15.7 Å². The predicted molar refractivity (Wildman–Crippen MR) is 47.7 cm³/mol. The topological polar surface area (TPSA) is 128 Å². The van der Waals surface area contributed by atoms with E-state index in [2.05, 4.69) is 4.99 Å². The molecule has 0 aliphatic rings. The van der Waals surface area contributed by atoms with E-state index >= 15 is 0 Å². The van der Waals surface area contributed by atoms with E-state index in [1.54, 1.807) is 0 Å². The second kappa shape index (κ2) is 12.4. The molecule has 0 saturated heterocycles. The Morgan fingerprint density at radius 1 is 1.50 bits per heavy atom. The van der Waals surface area contributed by atoms with Crippen molar-refractivity contribution in [3.63, 3.8) is 0 Å². The molecule has 0 aromatic heterocycles. The maximum absolute atomic E-state index is 10.2. The van der Waals surface area contributed by atoms with E-state index in [4.69, 9.17) is 22.3 Å². The minimum absolute atomic E-state index is 0. The number of carbonyl (C=O) groups is 1. The van der Waals surface area contributed by atoms with Gasteiger partial charge in [0, 0.05) is 6.54 Å². The average molecular weight is 238 g/mol. The van der Waals surface area contributed by atoms with Gasteiger partial charge < -0.3 is 25.2 Å². The molecule has 0 aliphatic heterocycles. The molecule has 0 rings (SSSR count). The van der Waals surface area contributed by atoms with E-state index in [0.717, 1.165) is 0 Å². The predicted octanol–water partition coefficient (Wildman–Crippen LogP) is -7.32. The summed E-state index contributed by atoms with van der Waals surface area (Å²) >= 11 is 0. The molecule has 6 nitrogen and oxygen atoms in total. The zero-order valence-corrected chi connectivity index (χ0v) is 13.9. The van der Waals surface area contributed by atoms with E-state index in [0.29, 0.717) is 19.4 Å². The molecule has 1 atom stereocenters. The Bertz CT molecular complexity index is 195. The Morgan fingerprint density at radius 2 is 2.00 bits per heavy atom. The van der Waals surface area contributed by atoms with Crippen LogP contribution in [-0.2, 0) is 4.79 Å². The van der Waals surface area contributed by atoms with Crippen molar-refractivity contribution in [2.24, 2.45) is 22.2 Å². The summed E-state index contributed by atoms with van der Waals surface area (Å²) in [5.74, 6) is -0.987. The van der Waals surface area contributed by atoms with Crippen LogP contribution < -0.4 is 98.1 Å². The largest absolute Gasteiger partial charge is 1.00 e. The molecule has 0 radical (unpaired) electrons. The first-order valence-electron chi connectivity index (χ1n) is 3.58. The number of aliphatic imine (C=N–C) groups is 1. The molecule has 0 aliphatic carbocycles. The van der Waals surface area contributed by atoms with Gasteiger partial charge >= 0.3 is 86.9 Å². The van der Waals surface area contributed by atoms with Crippen LogP contribution in [-0.4, -0.2) is 29.6 Å². The van der Waals surface area contributed by atoms with E-state index < -0.39 is 12.0 Å². The molecule has 14 heavy (non-hydrogen) atoms. The Labute approximate surface area is 151 Å². The summed E-state index contributed by atoms with van der Waals surface area (Å²) in [5, 5.41) is 8.38. The maximum Gasteiger partial charge on any atom is 1.00 e. The summed E-state index contributed by atoms with van der Waals surface area (Å²) < 4.78 is 0. The van der Waals surface area contributed by atoms with Crippen molar-refractivity contribution >= 4 is 11.9 Å². The Balaban J connectivity index is -0.000000101. The summed E-state index contributed by atoms with van der Waals surface area (Å²) in [6.07, 6.45) is 0.956. The smallest absolute Gasteiger partial charge is 1.00 e. The minimum atomic E-state index is -1.00. The van der Waals surface area contributed by atoms with Crippen LogP contribution in [0.2, 0.25) is 0 Å². The molecule has 0 heterocycles. The Morgan fingerprint density at radius 3 is 2.36 bits per heavy atom. The van der Waals surface area contributed by atoms with Crippen LogP contribution >= 0.6 is 0 Å². The van der Waals surface area contributed by atoms with Gasteiger partial charge in [-0.25, -0.2) is 0 Å². The van der Waals surface area contributed by atoms with E-state index in [9.17, 15) is 4.79 Å². The van der Waals surface area contributed by atoms with Crippen molar-refractivity contribution in [3.8, 4) is 0 Å². The molecule has 0 fully saturated rings. The van der Waals surface area contributed by atoms with Crippen LogP contribution in [0.3, 0.4) is 0 Å². The number of rotatable bonds is 5. The Hall–Kier alpha value is 1.34. The molecular weight excluding hydrogens is 222 g/mol. The molecule has 0 bridgehead atoms. The van der Waals surface area contributed by atoms with Crippen molar-refractivity contribution < 1.29 is 93.7 Å². The SMILES string of the molecule is NC(N)=NCCC[C@H](N)C(=O)O.[H-].[H-].[K+].[Na+]. The normalized spacial score (nSPS) is 10.4. The number of carboxylic acids is 1. The van der Waals surface area contributed by atoms with E-state index in [-0.39, 0.29) is 89.8 Å². The summed E-state index contributed by atoms with van der Waals surface area (Å²) in [6.45, 7) is 0.420. The van der Waals surface area contributed by atoms with Gasteiger partial charge in [0.05, 0.1) is 0 Å². The fraction of sp³-hybridized carbons (Fsp3) is 0.667. The second-order valence-electron chi connectivity index (χ2n) is 2.39. The van der Waals surface area contributed by atoms with Crippen LogP contribution in [0.5, 0.6) is 0 Å². The molecule has 0 amide bonds. The van der Waals surface area contributed by atoms with Crippen LogP contribution in [0, 0.1) is 0 Å². The third kappa shape index (κ3) is 13.3. The number of hydrogen-bond donors (Lipinski definition) is 4. The maximum atomic E-state index is 10.2. The number of hydrogen-bond acceptors (Lipinski definition) is 3. The molecular formula is C6H16KN4NaO2. The fourth-order valence-electron chi connectivity index (χ4n) is 0.643. The van der Waals surface area contributed by atoms with Gasteiger partial charge in [-0.2, -0.15) is 0 Å². The van der Waals surface area contributed by atoms with Gasteiger partial charge in [-0.1, -0.05) is 0 Å². The number of nitrogens with two attached hydrogens (primary N) is 3. The molecule has 0 saturated carbocycles. The van der Waals surface area contributed by atoms with Gasteiger partial charge in [0.1, 0.15) is 6.04 Å². The first kappa shape index (κ1) is 20.7. The molecule has 74 valence electrons. The van der Waals surface area contributed by atoms with E-state index in [1.807, 2.05) is 0 Å². The van der Waals surface area contributed by atoms with Crippen LogP contribution in [0.25, 0.3) is 0 Å². The number of carboxylic acid groups (broad SMARTS) is 1. The summed E-state index contributed by atoms with van der Waals surface area (Å²) in [4.78, 5) is 13.9. The summed E-state index contributed by atoms with van der Waals surface area (Å²) in [6, 6.07) is -0.820. The third-order valence-electron chi connectivity index (χ3n) is 1.28. The molecule has 0 aromatic carbocycles.